The van der Waals surface area contributed by atoms with Crippen molar-refractivity contribution in [1.82, 2.24) is 5.43 Å². The number of hydrogen-bond acceptors (Lipinski definition) is 7. The molecule has 0 saturated carbocycles. The number of aryl methyl sites for hydroxylation is 3. The number of benzene rings is 3. The fourth-order valence-electron chi connectivity index (χ4n) is 3.32. The molecular weight excluding hydrogens is 494 g/mol. The number of rotatable bonds is 10. The molecule has 10 heteroatoms. The van der Waals surface area contributed by atoms with E-state index in [4.69, 9.17) is 4.74 Å². The van der Waals surface area contributed by atoms with Crippen molar-refractivity contribution in [2.24, 2.45) is 5.10 Å². The highest BCUT2D eigenvalue weighted by molar-refractivity contribution is 7.92. The molecule has 1 amide bonds. The summed E-state index contributed by atoms with van der Waals surface area (Å²) in [7, 11) is -2.75. The lowest BCUT2D eigenvalue weighted by Gasteiger charge is -2.25. The standard InChI is InChI=1S/C27H29N3O6S/c1-19-6-13-24(14-7-19)37(33,34)30(25-15-20(2)5-8-21(25)3)17-26(31)29-28-16-22-9-11-23(12-10-22)36-18-27(32)35-4/h5-16H,17-18H2,1-4H3,(H,29,31)/b28-16-. The van der Waals surface area contributed by atoms with Gasteiger partial charge in [-0.25, -0.2) is 18.6 Å². The van der Waals surface area contributed by atoms with Gasteiger partial charge in [0.05, 0.1) is 23.9 Å². The number of anilines is 1. The van der Waals surface area contributed by atoms with Gasteiger partial charge < -0.3 is 9.47 Å². The van der Waals surface area contributed by atoms with Crippen molar-refractivity contribution >= 4 is 33.8 Å². The SMILES string of the molecule is COC(=O)COc1ccc(/C=N\NC(=O)CN(c2cc(C)ccc2C)S(=O)(=O)c2ccc(C)cc2)cc1. The molecule has 3 aromatic rings. The second kappa shape index (κ2) is 12.2. The highest BCUT2D eigenvalue weighted by Crippen LogP contribution is 2.28. The van der Waals surface area contributed by atoms with E-state index in [2.05, 4.69) is 15.3 Å². The van der Waals surface area contributed by atoms with Crippen LogP contribution in [0.4, 0.5) is 5.69 Å². The van der Waals surface area contributed by atoms with E-state index in [-0.39, 0.29) is 11.5 Å². The Bertz CT molecular complexity index is 1380. The minimum absolute atomic E-state index is 0.0878. The second-order valence-corrected chi connectivity index (χ2v) is 10.2. The van der Waals surface area contributed by atoms with Crippen molar-refractivity contribution in [1.29, 1.82) is 0 Å². The summed E-state index contributed by atoms with van der Waals surface area (Å²) in [6, 6.07) is 18.6. The molecule has 0 radical (unpaired) electrons. The summed E-state index contributed by atoms with van der Waals surface area (Å²) in [5.74, 6) is -0.629. The number of hydrazone groups is 1. The molecule has 37 heavy (non-hydrogen) atoms. The number of nitrogens with one attached hydrogen (secondary N) is 1. The van der Waals surface area contributed by atoms with Gasteiger partial charge in [-0.15, -0.1) is 0 Å². The Morgan fingerprint density at radius 3 is 2.24 bits per heavy atom. The molecule has 0 unspecified atom stereocenters. The Balaban J connectivity index is 1.75. The molecule has 0 saturated heterocycles. The molecule has 3 aromatic carbocycles. The summed E-state index contributed by atoms with van der Waals surface area (Å²) in [5, 5.41) is 3.95. The number of ether oxygens (including phenoxy) is 2. The van der Waals surface area contributed by atoms with Gasteiger partial charge in [0.2, 0.25) is 0 Å². The zero-order chi connectivity index (χ0) is 27.0. The van der Waals surface area contributed by atoms with E-state index >= 15 is 0 Å². The quantitative estimate of drug-likeness (QED) is 0.247. The number of nitrogens with zero attached hydrogens (tertiary/aromatic N) is 2. The Morgan fingerprint density at radius 2 is 1.59 bits per heavy atom. The van der Waals surface area contributed by atoms with Crippen LogP contribution in [0.25, 0.3) is 0 Å². The maximum absolute atomic E-state index is 13.6. The highest BCUT2D eigenvalue weighted by Gasteiger charge is 2.28. The molecule has 3 rings (SSSR count). The lowest BCUT2D eigenvalue weighted by Crippen LogP contribution is -2.40. The van der Waals surface area contributed by atoms with Crippen LogP contribution in [0, 0.1) is 20.8 Å². The van der Waals surface area contributed by atoms with Gasteiger partial charge in [0.25, 0.3) is 15.9 Å². The molecule has 0 aliphatic heterocycles. The summed E-state index contributed by atoms with van der Waals surface area (Å²) in [5.41, 5.74) is 5.97. The Kier molecular flexibility index (Phi) is 9.02. The molecule has 0 atom stereocenters. The second-order valence-electron chi connectivity index (χ2n) is 8.34. The van der Waals surface area contributed by atoms with E-state index < -0.39 is 28.4 Å². The van der Waals surface area contributed by atoms with Crippen molar-refractivity contribution in [2.45, 2.75) is 25.7 Å². The fraction of sp³-hybridized carbons (Fsp3) is 0.222. The predicted octanol–water partition coefficient (Wildman–Crippen LogP) is 3.51. The normalized spacial score (nSPS) is 11.2. The van der Waals surface area contributed by atoms with Gasteiger partial charge in [0, 0.05) is 0 Å². The minimum atomic E-state index is -4.03. The maximum atomic E-state index is 13.6. The predicted molar refractivity (Wildman–Crippen MR) is 141 cm³/mol. The molecule has 1 N–H and O–H groups in total. The van der Waals surface area contributed by atoms with Gasteiger partial charge in [-0.3, -0.25) is 9.10 Å². The average Bonchev–Trinajstić information content (AvgIpc) is 2.88. The van der Waals surface area contributed by atoms with Crippen LogP contribution in [0.5, 0.6) is 5.75 Å². The first-order valence-corrected chi connectivity index (χ1v) is 12.8. The Morgan fingerprint density at radius 1 is 0.946 bits per heavy atom. The number of carbonyl (C=O) groups is 2. The summed E-state index contributed by atoms with van der Waals surface area (Å²) in [6.45, 7) is 4.85. The van der Waals surface area contributed by atoms with Crippen LogP contribution in [0.2, 0.25) is 0 Å². The van der Waals surface area contributed by atoms with E-state index in [0.717, 1.165) is 15.4 Å². The first kappa shape index (κ1) is 27.4. The third-order valence-corrected chi connectivity index (χ3v) is 7.17. The maximum Gasteiger partial charge on any atom is 0.343 e. The van der Waals surface area contributed by atoms with Crippen LogP contribution in [0.15, 0.2) is 76.7 Å². The lowest BCUT2D eigenvalue weighted by atomic mass is 10.1. The lowest BCUT2D eigenvalue weighted by molar-refractivity contribution is -0.142. The number of esters is 1. The molecule has 0 aliphatic rings. The topological polar surface area (TPSA) is 114 Å². The van der Waals surface area contributed by atoms with Crippen LogP contribution in [0.1, 0.15) is 22.3 Å². The number of hydrogen-bond donors (Lipinski definition) is 1. The van der Waals surface area contributed by atoms with Crippen molar-refractivity contribution in [3.63, 3.8) is 0 Å². The molecular formula is C27H29N3O6S. The molecule has 0 spiro atoms. The third-order valence-electron chi connectivity index (χ3n) is 5.40. The smallest absolute Gasteiger partial charge is 0.343 e. The number of methoxy groups -OCH3 is 1. The van der Waals surface area contributed by atoms with Crippen LogP contribution in [0.3, 0.4) is 0 Å². The Hall–Kier alpha value is -4.18. The number of carbonyl (C=O) groups excluding carboxylic acids is 2. The zero-order valence-corrected chi connectivity index (χ0v) is 21.9. The molecule has 0 aliphatic carbocycles. The van der Waals surface area contributed by atoms with Crippen molar-refractivity contribution in [3.8, 4) is 5.75 Å². The number of amides is 1. The summed E-state index contributed by atoms with van der Waals surface area (Å²) in [6.07, 6.45) is 1.42. The highest BCUT2D eigenvalue weighted by atomic mass is 32.2. The fourth-order valence-corrected chi connectivity index (χ4v) is 4.80. The van der Waals surface area contributed by atoms with Crippen molar-refractivity contribution in [2.75, 3.05) is 24.6 Å². The summed E-state index contributed by atoms with van der Waals surface area (Å²) in [4.78, 5) is 24.0. The first-order chi connectivity index (χ1) is 17.6. The van der Waals surface area contributed by atoms with Crippen LogP contribution >= 0.6 is 0 Å². The van der Waals surface area contributed by atoms with Gasteiger partial charge in [-0.2, -0.15) is 5.10 Å². The summed E-state index contributed by atoms with van der Waals surface area (Å²) >= 11 is 0. The van der Waals surface area contributed by atoms with Crippen LogP contribution < -0.4 is 14.5 Å². The summed E-state index contributed by atoms with van der Waals surface area (Å²) < 4.78 is 38.0. The average molecular weight is 524 g/mol. The van der Waals surface area contributed by atoms with Crippen LogP contribution in [-0.4, -0.2) is 46.8 Å². The molecule has 9 nitrogen and oxygen atoms in total. The van der Waals surface area contributed by atoms with Gasteiger partial charge in [0.1, 0.15) is 12.3 Å². The zero-order valence-electron chi connectivity index (χ0n) is 21.1. The first-order valence-electron chi connectivity index (χ1n) is 11.4. The van der Waals surface area contributed by atoms with E-state index in [1.807, 2.05) is 26.0 Å². The largest absolute Gasteiger partial charge is 0.482 e. The van der Waals surface area contributed by atoms with E-state index in [1.54, 1.807) is 49.4 Å². The molecule has 194 valence electrons. The van der Waals surface area contributed by atoms with E-state index in [9.17, 15) is 18.0 Å². The van der Waals surface area contributed by atoms with Crippen molar-refractivity contribution in [3.05, 3.63) is 89.0 Å². The third kappa shape index (κ3) is 7.40. The van der Waals surface area contributed by atoms with Gasteiger partial charge in [0.15, 0.2) is 6.61 Å². The Labute approximate surface area is 216 Å². The van der Waals surface area contributed by atoms with E-state index in [1.165, 1.54) is 25.5 Å². The van der Waals surface area contributed by atoms with E-state index in [0.29, 0.717) is 22.6 Å². The molecule has 0 bridgehead atoms. The van der Waals surface area contributed by atoms with Crippen molar-refractivity contribution < 1.29 is 27.5 Å². The monoisotopic (exact) mass is 523 g/mol. The molecule has 0 aromatic heterocycles. The molecule has 0 heterocycles. The van der Waals surface area contributed by atoms with Crippen LogP contribution in [-0.2, 0) is 24.3 Å². The molecule has 0 fully saturated rings. The minimum Gasteiger partial charge on any atom is -0.482 e. The van der Waals surface area contributed by atoms with Gasteiger partial charge >= 0.3 is 5.97 Å². The number of sulfonamides is 1. The van der Waals surface area contributed by atoms with Gasteiger partial charge in [-0.05, 0) is 79.9 Å². The van der Waals surface area contributed by atoms with Gasteiger partial charge in [-0.1, -0.05) is 29.8 Å².